The fourth-order valence-electron chi connectivity index (χ4n) is 2.79. The van der Waals surface area contributed by atoms with Gasteiger partial charge in [0.1, 0.15) is 10.9 Å². The third-order valence-electron chi connectivity index (χ3n) is 3.87. The second-order valence-electron chi connectivity index (χ2n) is 5.87. The molecule has 0 saturated carbocycles. The van der Waals surface area contributed by atoms with E-state index < -0.39 is 17.9 Å². The lowest BCUT2D eigenvalue weighted by molar-refractivity contribution is -0.142. The molecule has 0 radical (unpaired) electrons. The van der Waals surface area contributed by atoms with Crippen LogP contribution in [0.15, 0.2) is 27.7 Å². The molecule has 0 spiro atoms. The zero-order valence-electron chi connectivity index (χ0n) is 13.2. The van der Waals surface area contributed by atoms with Crippen molar-refractivity contribution in [3.8, 4) is 5.88 Å². The van der Waals surface area contributed by atoms with E-state index in [0.29, 0.717) is 10.6 Å². The lowest BCUT2D eigenvalue weighted by Crippen LogP contribution is -2.24. The standard InChI is InChI=1S/C16H13BrN2O4S2/c1-6(2)11(15(22)23)19-14(21)12(25-16(19)24)10-8-5-7(17)3-4-9(8)18-13(10)20/h3-6,11,21H,1-2H3,(H,22,23). The number of benzene rings is 1. The first-order chi connectivity index (χ1) is 11.7. The fourth-order valence-corrected chi connectivity index (χ4v) is 4.56. The highest BCUT2D eigenvalue weighted by atomic mass is 79.9. The summed E-state index contributed by atoms with van der Waals surface area (Å²) in [5, 5.41) is 21.2. The van der Waals surface area contributed by atoms with Crippen molar-refractivity contribution in [2.45, 2.75) is 19.9 Å². The number of carboxylic acid groups (broad SMARTS) is 1. The molecule has 0 aliphatic carbocycles. The Balaban J connectivity index is 2.32. The molecule has 2 aromatic rings. The van der Waals surface area contributed by atoms with Crippen LogP contribution in [-0.2, 0) is 9.59 Å². The van der Waals surface area contributed by atoms with E-state index in [9.17, 15) is 19.8 Å². The monoisotopic (exact) mass is 440 g/mol. The number of aliphatic carboxylic acids is 1. The molecule has 0 saturated heterocycles. The van der Waals surface area contributed by atoms with Gasteiger partial charge >= 0.3 is 5.97 Å². The largest absolute Gasteiger partial charge is 0.493 e. The van der Waals surface area contributed by atoms with Gasteiger partial charge in [0.2, 0.25) is 5.88 Å². The second kappa shape index (κ2) is 6.47. The number of hydrogen-bond donors (Lipinski definition) is 2. The lowest BCUT2D eigenvalue weighted by Gasteiger charge is -2.18. The van der Waals surface area contributed by atoms with Gasteiger partial charge in [0.25, 0.3) is 5.91 Å². The molecule has 0 fully saturated rings. The summed E-state index contributed by atoms with van der Waals surface area (Å²) in [5.41, 5.74) is 0.233. The topological polar surface area (TPSA) is 91.9 Å². The molecule has 1 aliphatic rings. The van der Waals surface area contributed by atoms with E-state index in [1.807, 2.05) is 0 Å². The van der Waals surface area contributed by atoms with Crippen molar-refractivity contribution < 1.29 is 19.8 Å². The van der Waals surface area contributed by atoms with E-state index in [2.05, 4.69) is 20.9 Å². The molecule has 2 heterocycles. The first kappa shape index (κ1) is 18.0. The number of amides is 1. The van der Waals surface area contributed by atoms with Gasteiger partial charge in [-0.2, -0.15) is 0 Å². The number of carbonyl (C=O) groups excluding carboxylic acids is 1. The SMILES string of the molecule is CC(C)C(C(=O)O)n1c(O)c(C2=c3cc(Br)ccc3=NC2=O)sc1=S. The predicted octanol–water partition coefficient (Wildman–Crippen LogP) is 2.39. The number of aromatic nitrogens is 1. The molecule has 0 bridgehead atoms. The Bertz CT molecular complexity index is 1080. The van der Waals surface area contributed by atoms with Gasteiger partial charge in [-0.15, -0.1) is 11.3 Å². The van der Waals surface area contributed by atoms with Crippen molar-refractivity contribution in [3.05, 3.63) is 42.1 Å². The lowest BCUT2D eigenvalue weighted by atomic mass is 10.0. The van der Waals surface area contributed by atoms with E-state index in [4.69, 9.17) is 12.2 Å². The average Bonchev–Trinajstić information content (AvgIpc) is 2.96. The van der Waals surface area contributed by atoms with Gasteiger partial charge in [-0.1, -0.05) is 29.8 Å². The van der Waals surface area contributed by atoms with E-state index in [-0.39, 0.29) is 26.2 Å². The van der Waals surface area contributed by atoms with Crippen LogP contribution in [0.1, 0.15) is 24.8 Å². The molecule has 1 aliphatic heterocycles. The number of rotatable bonds is 4. The summed E-state index contributed by atoms with van der Waals surface area (Å²) in [7, 11) is 0. The number of aromatic hydroxyl groups is 1. The quantitative estimate of drug-likeness (QED) is 0.711. The van der Waals surface area contributed by atoms with Crippen LogP contribution in [0.2, 0.25) is 0 Å². The van der Waals surface area contributed by atoms with Crippen LogP contribution in [0.5, 0.6) is 5.88 Å². The average molecular weight is 441 g/mol. The Morgan fingerprint density at radius 3 is 2.68 bits per heavy atom. The summed E-state index contributed by atoms with van der Waals surface area (Å²) in [5.74, 6) is -2.19. The van der Waals surface area contributed by atoms with E-state index in [0.717, 1.165) is 15.8 Å². The highest BCUT2D eigenvalue weighted by Gasteiger charge is 2.31. The number of carboxylic acids is 1. The molecular weight excluding hydrogens is 428 g/mol. The third-order valence-corrected chi connectivity index (χ3v) is 5.77. The van der Waals surface area contributed by atoms with Gasteiger partial charge in [0.15, 0.2) is 3.95 Å². The Kier molecular flexibility index (Phi) is 4.65. The maximum Gasteiger partial charge on any atom is 0.327 e. The van der Waals surface area contributed by atoms with Crippen LogP contribution >= 0.6 is 39.5 Å². The van der Waals surface area contributed by atoms with Crippen LogP contribution in [-0.4, -0.2) is 26.7 Å². The van der Waals surface area contributed by atoms with Crippen molar-refractivity contribution in [2.75, 3.05) is 0 Å². The maximum absolute atomic E-state index is 12.4. The van der Waals surface area contributed by atoms with Crippen LogP contribution in [0.4, 0.5) is 0 Å². The minimum absolute atomic E-state index is 0.192. The van der Waals surface area contributed by atoms with E-state index >= 15 is 0 Å². The van der Waals surface area contributed by atoms with Crippen LogP contribution < -0.4 is 10.6 Å². The number of fused-ring (bicyclic) bond motifs is 1. The normalized spacial score (nSPS) is 14.6. The number of thiazole rings is 1. The molecule has 130 valence electrons. The molecule has 1 aromatic carbocycles. The minimum atomic E-state index is -1.10. The summed E-state index contributed by atoms with van der Waals surface area (Å²) in [4.78, 5) is 28.2. The molecule has 3 rings (SSSR count). The Morgan fingerprint density at radius 2 is 2.08 bits per heavy atom. The fraction of sp³-hybridized carbons (Fsp3) is 0.250. The van der Waals surface area contributed by atoms with E-state index in [1.165, 1.54) is 4.57 Å². The van der Waals surface area contributed by atoms with Crippen molar-refractivity contribution in [1.82, 2.24) is 4.57 Å². The van der Waals surface area contributed by atoms with Crippen molar-refractivity contribution in [2.24, 2.45) is 10.9 Å². The summed E-state index contributed by atoms with van der Waals surface area (Å²) < 4.78 is 2.15. The molecule has 2 N–H and O–H groups in total. The zero-order valence-corrected chi connectivity index (χ0v) is 16.4. The molecular formula is C16H13BrN2O4S2. The molecule has 25 heavy (non-hydrogen) atoms. The summed E-state index contributed by atoms with van der Waals surface area (Å²) in [6.45, 7) is 3.46. The van der Waals surface area contributed by atoms with Gasteiger partial charge in [-0.3, -0.25) is 9.36 Å². The van der Waals surface area contributed by atoms with Gasteiger partial charge in [-0.05, 0) is 36.3 Å². The minimum Gasteiger partial charge on any atom is -0.493 e. The first-order valence-corrected chi connectivity index (χ1v) is 9.34. The van der Waals surface area contributed by atoms with Gasteiger partial charge < -0.3 is 10.2 Å². The van der Waals surface area contributed by atoms with Crippen LogP contribution in [0.25, 0.3) is 5.57 Å². The predicted molar refractivity (Wildman–Crippen MR) is 98.8 cm³/mol. The number of hydrogen-bond acceptors (Lipinski definition) is 5. The molecule has 1 amide bonds. The maximum atomic E-state index is 12.4. The highest BCUT2D eigenvalue weighted by Crippen LogP contribution is 2.36. The van der Waals surface area contributed by atoms with Crippen LogP contribution in [0.3, 0.4) is 0 Å². The highest BCUT2D eigenvalue weighted by molar-refractivity contribution is 9.10. The zero-order chi connectivity index (χ0) is 18.5. The number of nitrogens with zero attached hydrogens (tertiary/aromatic N) is 2. The van der Waals surface area contributed by atoms with Crippen molar-refractivity contribution in [3.63, 3.8) is 0 Å². The Morgan fingerprint density at radius 1 is 1.40 bits per heavy atom. The molecule has 1 atom stereocenters. The molecule has 1 unspecified atom stereocenters. The summed E-state index contributed by atoms with van der Waals surface area (Å²) in [6.07, 6.45) is 0. The first-order valence-electron chi connectivity index (χ1n) is 7.32. The molecule has 9 heteroatoms. The van der Waals surface area contributed by atoms with Crippen LogP contribution in [0, 0.1) is 9.87 Å². The second-order valence-corrected chi connectivity index (χ2v) is 8.43. The summed E-state index contributed by atoms with van der Waals surface area (Å²) >= 11 is 9.63. The van der Waals surface area contributed by atoms with Gasteiger partial charge in [-0.25, -0.2) is 9.79 Å². The smallest absolute Gasteiger partial charge is 0.327 e. The van der Waals surface area contributed by atoms with Gasteiger partial charge in [0.05, 0.1) is 10.9 Å². The molecule has 6 nitrogen and oxygen atoms in total. The summed E-state index contributed by atoms with van der Waals surface area (Å²) in [6, 6.07) is 4.19. The van der Waals surface area contributed by atoms with Crippen molar-refractivity contribution in [1.29, 1.82) is 0 Å². The Hall–Kier alpha value is -1.84. The molecule has 1 aromatic heterocycles. The third kappa shape index (κ3) is 2.96. The van der Waals surface area contributed by atoms with Gasteiger partial charge in [0, 0.05) is 9.69 Å². The number of halogens is 1. The number of carbonyl (C=O) groups is 2. The van der Waals surface area contributed by atoms with E-state index in [1.54, 1.807) is 32.0 Å². The Labute approximate surface area is 159 Å². The van der Waals surface area contributed by atoms with Crippen molar-refractivity contribution >= 4 is 56.9 Å².